The van der Waals surface area contributed by atoms with Crippen LogP contribution in [0.5, 0.6) is 0 Å². The van der Waals surface area contributed by atoms with E-state index in [9.17, 15) is 0 Å². The number of hydrogen-bond donors (Lipinski definition) is 3. The van der Waals surface area contributed by atoms with Gasteiger partial charge in [0.2, 0.25) is 0 Å². The van der Waals surface area contributed by atoms with Gasteiger partial charge in [0, 0.05) is 18.2 Å². The molecule has 5 heteroatoms. The summed E-state index contributed by atoms with van der Waals surface area (Å²) in [6, 6.07) is 4.41. The van der Waals surface area contributed by atoms with Crippen molar-refractivity contribution < 1.29 is 0 Å². The Hall–Kier alpha value is -1.75. The highest BCUT2D eigenvalue weighted by Gasteiger charge is 2.23. The predicted molar refractivity (Wildman–Crippen MR) is 82.5 cm³/mol. The molecule has 1 fully saturated rings. The first-order valence-corrected chi connectivity index (χ1v) is 7.42. The lowest BCUT2D eigenvalue weighted by Crippen LogP contribution is -2.31. The first-order chi connectivity index (χ1) is 9.70. The zero-order chi connectivity index (χ0) is 14.1. The molecule has 2 aromatic heterocycles. The van der Waals surface area contributed by atoms with Gasteiger partial charge >= 0.3 is 0 Å². The fourth-order valence-electron chi connectivity index (χ4n) is 3.16. The Labute approximate surface area is 119 Å². The van der Waals surface area contributed by atoms with Gasteiger partial charge in [0.25, 0.3) is 0 Å². The molecule has 2 atom stereocenters. The molecule has 20 heavy (non-hydrogen) atoms. The van der Waals surface area contributed by atoms with Crippen molar-refractivity contribution in [1.29, 1.82) is 0 Å². The summed E-state index contributed by atoms with van der Waals surface area (Å²) in [5.41, 5.74) is 15.0. The highest BCUT2D eigenvalue weighted by atomic mass is 15.3. The smallest absolute Gasteiger partial charge is 0.125 e. The van der Waals surface area contributed by atoms with Crippen LogP contribution in [0.3, 0.4) is 0 Å². The number of rotatable bonds is 3. The van der Waals surface area contributed by atoms with Gasteiger partial charge in [-0.1, -0.05) is 19.8 Å². The number of nitrogen functional groups attached to an aromatic ring is 1. The monoisotopic (exact) mass is 273 g/mol. The van der Waals surface area contributed by atoms with Gasteiger partial charge in [-0.15, -0.1) is 0 Å². The molecule has 1 saturated carbocycles. The summed E-state index contributed by atoms with van der Waals surface area (Å²) in [7, 11) is 0. The highest BCUT2D eigenvalue weighted by molar-refractivity contribution is 5.77. The lowest BCUT2D eigenvalue weighted by atomic mass is 9.85. The molecule has 5 N–H and O–H groups in total. The average molecular weight is 273 g/mol. The second-order valence-corrected chi connectivity index (χ2v) is 5.82. The Bertz CT molecular complexity index is 604. The molecule has 1 aliphatic carbocycles. The normalized spacial score (nSPS) is 23.1. The fourth-order valence-corrected chi connectivity index (χ4v) is 3.16. The summed E-state index contributed by atoms with van der Waals surface area (Å²) in [6.07, 6.45) is 6.96. The zero-order valence-electron chi connectivity index (χ0n) is 12.0. The van der Waals surface area contributed by atoms with E-state index in [4.69, 9.17) is 11.5 Å². The number of nitrogens with one attached hydrogen (secondary N) is 1. The van der Waals surface area contributed by atoms with Crippen molar-refractivity contribution in [2.24, 2.45) is 11.7 Å². The third kappa shape index (κ3) is 2.22. The molecule has 0 aromatic carbocycles. The van der Waals surface area contributed by atoms with Gasteiger partial charge in [0.15, 0.2) is 0 Å². The molecule has 2 unspecified atom stereocenters. The van der Waals surface area contributed by atoms with E-state index in [2.05, 4.69) is 17.3 Å². The summed E-state index contributed by atoms with van der Waals surface area (Å²) < 4.78 is 1.77. The maximum Gasteiger partial charge on any atom is 0.125 e. The molecular weight excluding hydrogens is 250 g/mol. The van der Waals surface area contributed by atoms with E-state index in [0.29, 0.717) is 24.3 Å². The number of nitrogens with two attached hydrogens (primary N) is 2. The van der Waals surface area contributed by atoms with Crippen LogP contribution in [0.25, 0.3) is 5.52 Å². The Morgan fingerprint density at radius 3 is 2.90 bits per heavy atom. The third-order valence-electron chi connectivity index (χ3n) is 4.45. The molecule has 1 aliphatic rings. The van der Waals surface area contributed by atoms with Gasteiger partial charge in [0.05, 0.1) is 17.4 Å². The van der Waals surface area contributed by atoms with Crippen molar-refractivity contribution in [1.82, 2.24) is 9.61 Å². The minimum atomic E-state index is 0.484. The van der Waals surface area contributed by atoms with Crippen molar-refractivity contribution in [2.45, 2.75) is 45.2 Å². The fraction of sp³-hybridized carbons (Fsp3) is 0.533. The molecule has 2 aromatic rings. The van der Waals surface area contributed by atoms with Crippen LogP contribution in [0.1, 0.15) is 38.2 Å². The molecule has 5 nitrogen and oxygen atoms in total. The van der Waals surface area contributed by atoms with Crippen molar-refractivity contribution in [3.05, 3.63) is 23.9 Å². The van der Waals surface area contributed by atoms with Gasteiger partial charge in [0.1, 0.15) is 5.82 Å². The molecule has 0 saturated heterocycles. The quantitative estimate of drug-likeness (QED) is 0.802. The maximum atomic E-state index is 5.94. The van der Waals surface area contributed by atoms with E-state index in [-0.39, 0.29) is 0 Å². The molecule has 0 spiro atoms. The van der Waals surface area contributed by atoms with Crippen molar-refractivity contribution in [3.8, 4) is 0 Å². The number of fused-ring (bicyclic) bond motifs is 1. The predicted octanol–water partition coefficient (Wildman–Crippen LogP) is 2.37. The van der Waals surface area contributed by atoms with Gasteiger partial charge in [-0.05, 0) is 30.9 Å². The topological polar surface area (TPSA) is 81.4 Å². The summed E-state index contributed by atoms with van der Waals surface area (Å²) in [4.78, 5) is 0. The van der Waals surface area contributed by atoms with Crippen LogP contribution in [0.4, 0.5) is 11.5 Å². The molecule has 3 rings (SSSR count). The molecule has 0 bridgehead atoms. The maximum absolute atomic E-state index is 5.94. The second-order valence-electron chi connectivity index (χ2n) is 5.82. The lowest BCUT2D eigenvalue weighted by molar-refractivity contribution is 0.349. The van der Waals surface area contributed by atoms with E-state index >= 15 is 0 Å². The van der Waals surface area contributed by atoms with Crippen LogP contribution in [0, 0.1) is 5.92 Å². The third-order valence-corrected chi connectivity index (χ3v) is 4.45. The van der Waals surface area contributed by atoms with E-state index in [0.717, 1.165) is 16.8 Å². The van der Waals surface area contributed by atoms with Crippen molar-refractivity contribution in [3.63, 3.8) is 0 Å². The Kier molecular flexibility index (Phi) is 3.53. The summed E-state index contributed by atoms with van der Waals surface area (Å²) in [6.45, 7) is 2.81. The molecule has 0 aliphatic heterocycles. The lowest BCUT2D eigenvalue weighted by Gasteiger charge is -2.31. The van der Waals surface area contributed by atoms with E-state index in [1.54, 1.807) is 4.52 Å². The van der Waals surface area contributed by atoms with Crippen LogP contribution in [0.15, 0.2) is 18.3 Å². The van der Waals surface area contributed by atoms with E-state index in [1.165, 1.54) is 25.7 Å². The molecular formula is C15H23N5. The molecule has 108 valence electrons. The summed E-state index contributed by atoms with van der Waals surface area (Å²) >= 11 is 0. The van der Waals surface area contributed by atoms with Crippen LogP contribution in [-0.4, -0.2) is 15.7 Å². The second kappa shape index (κ2) is 5.32. The average Bonchev–Trinajstić information content (AvgIpc) is 2.84. The van der Waals surface area contributed by atoms with Crippen LogP contribution < -0.4 is 16.8 Å². The van der Waals surface area contributed by atoms with E-state index in [1.807, 2.05) is 18.3 Å². The zero-order valence-corrected chi connectivity index (χ0v) is 12.0. The number of aromatic nitrogens is 2. The van der Waals surface area contributed by atoms with Gasteiger partial charge in [-0.2, -0.15) is 5.10 Å². The van der Waals surface area contributed by atoms with Crippen LogP contribution >= 0.6 is 0 Å². The summed E-state index contributed by atoms with van der Waals surface area (Å²) in [5, 5.41) is 8.07. The Morgan fingerprint density at radius 1 is 1.35 bits per heavy atom. The van der Waals surface area contributed by atoms with Crippen LogP contribution in [-0.2, 0) is 6.54 Å². The highest BCUT2D eigenvalue weighted by Crippen LogP contribution is 2.30. The van der Waals surface area contributed by atoms with Gasteiger partial charge in [-0.3, -0.25) is 0 Å². The number of anilines is 2. The number of nitrogens with zero attached hydrogens (tertiary/aromatic N) is 2. The van der Waals surface area contributed by atoms with Crippen molar-refractivity contribution >= 4 is 17.0 Å². The largest absolute Gasteiger partial charge is 0.384 e. The standard InChI is InChI=1S/C15H23N5/c1-10-4-2-3-5-12(10)19-15-11(8-16)9-18-20-13(15)6-7-14(20)17/h6-7,9-10,12,19H,2-5,8,16-17H2,1H3. The first-order valence-electron chi connectivity index (χ1n) is 7.42. The summed E-state index contributed by atoms with van der Waals surface area (Å²) in [5.74, 6) is 1.35. The number of hydrogen-bond acceptors (Lipinski definition) is 4. The Morgan fingerprint density at radius 2 is 2.15 bits per heavy atom. The van der Waals surface area contributed by atoms with Crippen molar-refractivity contribution in [2.75, 3.05) is 11.1 Å². The molecule has 2 heterocycles. The SMILES string of the molecule is CC1CCCCC1Nc1c(CN)cnn2c(N)ccc12. The van der Waals surface area contributed by atoms with Gasteiger partial charge < -0.3 is 16.8 Å². The van der Waals surface area contributed by atoms with Crippen LogP contribution in [0.2, 0.25) is 0 Å². The minimum absolute atomic E-state index is 0.484. The Balaban J connectivity index is 1.99. The minimum Gasteiger partial charge on any atom is -0.384 e. The molecule has 0 amide bonds. The molecule has 0 radical (unpaired) electrons. The first kappa shape index (κ1) is 13.2. The van der Waals surface area contributed by atoms with E-state index < -0.39 is 0 Å². The van der Waals surface area contributed by atoms with Gasteiger partial charge in [-0.25, -0.2) is 4.52 Å².